The molecule has 1 saturated carbocycles. The van der Waals surface area contributed by atoms with Crippen LogP contribution in [-0.4, -0.2) is 4.98 Å². The van der Waals surface area contributed by atoms with E-state index >= 15 is 0 Å². The summed E-state index contributed by atoms with van der Waals surface area (Å²) >= 11 is 0. The lowest BCUT2D eigenvalue weighted by molar-refractivity contribution is 0.533. The van der Waals surface area contributed by atoms with Crippen LogP contribution in [0.15, 0.2) is 22.6 Å². The maximum absolute atomic E-state index is 5.55. The monoisotopic (exact) mass is 158 g/mol. The highest BCUT2D eigenvalue weighted by Crippen LogP contribution is 2.40. The van der Waals surface area contributed by atoms with Gasteiger partial charge in [0.25, 0.3) is 0 Å². The molecule has 0 amide bonds. The van der Waals surface area contributed by atoms with Crippen LogP contribution in [0, 0.1) is 6.07 Å². The lowest BCUT2D eigenvalue weighted by Crippen LogP contribution is -1.74. The van der Waals surface area contributed by atoms with E-state index in [1.165, 1.54) is 12.8 Å². The van der Waals surface area contributed by atoms with Crippen molar-refractivity contribution in [2.45, 2.75) is 18.8 Å². The Hall–Kier alpha value is -1.31. The minimum atomic E-state index is 0.595. The lowest BCUT2D eigenvalue weighted by atomic mass is 10.3. The largest absolute Gasteiger partial charge is 0.440 e. The molecule has 0 N–H and O–H groups in total. The molecule has 1 heterocycles. The van der Waals surface area contributed by atoms with Gasteiger partial charge in [0.15, 0.2) is 11.5 Å². The van der Waals surface area contributed by atoms with E-state index in [1.807, 2.05) is 18.2 Å². The Kier molecular flexibility index (Phi) is 1.09. The number of fused-ring (bicyclic) bond motifs is 1. The van der Waals surface area contributed by atoms with Gasteiger partial charge in [-0.05, 0) is 31.0 Å². The Morgan fingerprint density at radius 3 is 3.17 bits per heavy atom. The molecule has 2 nitrogen and oxygen atoms in total. The number of benzene rings is 1. The third-order valence-electron chi connectivity index (χ3n) is 2.18. The fraction of sp³-hybridized carbons (Fsp3) is 0.300. The van der Waals surface area contributed by atoms with E-state index in [-0.39, 0.29) is 0 Å². The topological polar surface area (TPSA) is 26.0 Å². The van der Waals surface area contributed by atoms with Crippen molar-refractivity contribution in [3.8, 4) is 0 Å². The van der Waals surface area contributed by atoms with Crippen LogP contribution in [0.2, 0.25) is 0 Å². The van der Waals surface area contributed by atoms with E-state index in [9.17, 15) is 0 Å². The summed E-state index contributed by atoms with van der Waals surface area (Å²) in [6, 6.07) is 8.61. The predicted octanol–water partition coefficient (Wildman–Crippen LogP) is 2.51. The Labute approximate surface area is 70.2 Å². The standard InChI is InChI=1S/C10H8NO/c1-2-4-9-8(3-1)11-10(12-9)7-5-6-7/h1,3-4,7H,5-6H2. The SMILES string of the molecule is [c]1ccc2nc(C3CC3)oc2c1. The molecule has 1 aromatic heterocycles. The van der Waals surface area contributed by atoms with E-state index in [0.29, 0.717) is 5.92 Å². The molecule has 0 atom stereocenters. The van der Waals surface area contributed by atoms with Crippen molar-refractivity contribution >= 4 is 11.1 Å². The van der Waals surface area contributed by atoms with E-state index in [4.69, 9.17) is 4.42 Å². The summed E-state index contributed by atoms with van der Waals surface area (Å²) in [7, 11) is 0. The van der Waals surface area contributed by atoms with Gasteiger partial charge in [-0.1, -0.05) is 6.07 Å². The van der Waals surface area contributed by atoms with Gasteiger partial charge in [0, 0.05) is 5.92 Å². The molecule has 1 radical (unpaired) electrons. The maximum Gasteiger partial charge on any atom is 0.198 e. The second-order valence-corrected chi connectivity index (χ2v) is 3.22. The summed E-state index contributed by atoms with van der Waals surface area (Å²) < 4.78 is 5.55. The first kappa shape index (κ1) is 6.23. The number of hydrogen-bond acceptors (Lipinski definition) is 2. The highest BCUT2D eigenvalue weighted by molar-refractivity contribution is 5.72. The summed E-state index contributed by atoms with van der Waals surface area (Å²) in [4.78, 5) is 4.39. The van der Waals surface area contributed by atoms with Gasteiger partial charge < -0.3 is 4.42 Å². The molecule has 59 valence electrons. The van der Waals surface area contributed by atoms with Crippen molar-refractivity contribution < 1.29 is 4.42 Å². The first-order valence-corrected chi connectivity index (χ1v) is 4.20. The first-order chi connectivity index (χ1) is 5.93. The Bertz CT molecular complexity index is 381. The lowest BCUT2D eigenvalue weighted by Gasteiger charge is -1.82. The van der Waals surface area contributed by atoms with Crippen LogP contribution >= 0.6 is 0 Å². The zero-order valence-corrected chi connectivity index (χ0v) is 6.58. The van der Waals surface area contributed by atoms with Gasteiger partial charge in [-0.15, -0.1) is 0 Å². The molecule has 0 bridgehead atoms. The molecule has 2 heteroatoms. The van der Waals surface area contributed by atoms with Crippen LogP contribution in [0.25, 0.3) is 11.1 Å². The highest BCUT2D eigenvalue weighted by Gasteiger charge is 2.28. The van der Waals surface area contributed by atoms with Crippen molar-refractivity contribution in [3.05, 3.63) is 30.2 Å². The second-order valence-electron chi connectivity index (χ2n) is 3.22. The van der Waals surface area contributed by atoms with Gasteiger partial charge >= 0.3 is 0 Å². The zero-order chi connectivity index (χ0) is 7.97. The van der Waals surface area contributed by atoms with Crippen molar-refractivity contribution in [2.75, 3.05) is 0 Å². The summed E-state index contributed by atoms with van der Waals surface area (Å²) in [5.41, 5.74) is 1.81. The van der Waals surface area contributed by atoms with Crippen LogP contribution in [0.5, 0.6) is 0 Å². The van der Waals surface area contributed by atoms with Crippen molar-refractivity contribution in [2.24, 2.45) is 0 Å². The molecule has 1 aromatic carbocycles. The predicted molar refractivity (Wildman–Crippen MR) is 44.8 cm³/mol. The number of oxazole rings is 1. The Morgan fingerprint density at radius 1 is 1.50 bits per heavy atom. The molecular weight excluding hydrogens is 150 g/mol. The molecule has 0 unspecified atom stereocenters. The highest BCUT2D eigenvalue weighted by atomic mass is 16.3. The number of nitrogens with zero attached hydrogens (tertiary/aromatic N) is 1. The van der Waals surface area contributed by atoms with E-state index in [1.54, 1.807) is 0 Å². The molecule has 1 aliphatic rings. The average Bonchev–Trinajstić information content (AvgIpc) is 2.85. The minimum Gasteiger partial charge on any atom is -0.440 e. The molecule has 0 spiro atoms. The molecule has 3 rings (SSSR count). The maximum atomic E-state index is 5.55. The smallest absolute Gasteiger partial charge is 0.198 e. The van der Waals surface area contributed by atoms with Crippen LogP contribution in [-0.2, 0) is 0 Å². The van der Waals surface area contributed by atoms with Crippen molar-refractivity contribution in [1.29, 1.82) is 0 Å². The summed E-state index contributed by atoms with van der Waals surface area (Å²) in [6.45, 7) is 0. The number of hydrogen-bond donors (Lipinski definition) is 0. The molecule has 1 fully saturated rings. The first-order valence-electron chi connectivity index (χ1n) is 4.20. The summed E-state index contributed by atoms with van der Waals surface area (Å²) in [5.74, 6) is 1.50. The van der Waals surface area contributed by atoms with Crippen LogP contribution in [0.4, 0.5) is 0 Å². The quantitative estimate of drug-likeness (QED) is 0.637. The fourth-order valence-electron chi connectivity index (χ4n) is 1.34. The Balaban J connectivity index is 2.23. The molecule has 0 saturated heterocycles. The van der Waals surface area contributed by atoms with E-state index in [2.05, 4.69) is 11.1 Å². The normalized spacial score (nSPS) is 17.0. The van der Waals surface area contributed by atoms with E-state index in [0.717, 1.165) is 17.0 Å². The summed E-state index contributed by atoms with van der Waals surface area (Å²) in [6.07, 6.45) is 2.47. The van der Waals surface area contributed by atoms with Gasteiger partial charge in [0.05, 0.1) is 0 Å². The summed E-state index contributed by atoms with van der Waals surface area (Å²) in [5, 5.41) is 0. The molecule has 1 aliphatic carbocycles. The van der Waals surface area contributed by atoms with Crippen molar-refractivity contribution in [3.63, 3.8) is 0 Å². The third kappa shape index (κ3) is 0.843. The number of rotatable bonds is 1. The van der Waals surface area contributed by atoms with Gasteiger partial charge in [-0.25, -0.2) is 4.98 Å². The van der Waals surface area contributed by atoms with Gasteiger partial charge in [-0.2, -0.15) is 0 Å². The molecular formula is C10H8NO. The van der Waals surface area contributed by atoms with Crippen LogP contribution in [0.1, 0.15) is 24.7 Å². The van der Waals surface area contributed by atoms with E-state index < -0.39 is 0 Å². The minimum absolute atomic E-state index is 0.595. The number of aromatic nitrogens is 1. The van der Waals surface area contributed by atoms with Crippen LogP contribution in [0.3, 0.4) is 0 Å². The zero-order valence-electron chi connectivity index (χ0n) is 6.58. The molecule has 12 heavy (non-hydrogen) atoms. The van der Waals surface area contributed by atoms with Crippen molar-refractivity contribution in [1.82, 2.24) is 4.98 Å². The third-order valence-corrected chi connectivity index (χ3v) is 2.18. The van der Waals surface area contributed by atoms with Gasteiger partial charge in [0.2, 0.25) is 0 Å². The molecule has 0 aliphatic heterocycles. The van der Waals surface area contributed by atoms with Gasteiger partial charge in [-0.3, -0.25) is 0 Å². The second kappa shape index (κ2) is 2.09. The fourth-order valence-corrected chi connectivity index (χ4v) is 1.34. The Morgan fingerprint density at radius 2 is 2.42 bits per heavy atom. The molecule has 2 aromatic rings. The van der Waals surface area contributed by atoms with Gasteiger partial charge in [0.1, 0.15) is 5.52 Å². The average molecular weight is 158 g/mol. The van der Waals surface area contributed by atoms with Crippen LogP contribution < -0.4 is 0 Å².